The number of carboxylic acids is 1. The van der Waals surface area contributed by atoms with Crippen LogP contribution in [0.2, 0.25) is 5.02 Å². The summed E-state index contributed by atoms with van der Waals surface area (Å²) in [5.74, 6) is -1.17. The maximum atomic E-state index is 10.3. The Hall–Kier alpha value is -1.22. The van der Waals surface area contributed by atoms with Gasteiger partial charge in [-0.25, -0.2) is 4.79 Å². The standard InChI is InChI=1S/C9H9ClO3/c1-6-4-7(10)2-3-8(6)13-5-9(11)12/h2-4H,5H2,1H3,(H,11,12)/i1D3. The number of aliphatic carboxylic acids is 1. The van der Waals surface area contributed by atoms with Gasteiger partial charge in [0.05, 0.1) is 0 Å². The van der Waals surface area contributed by atoms with Crippen molar-refractivity contribution >= 4 is 17.6 Å². The molecule has 0 saturated heterocycles. The van der Waals surface area contributed by atoms with Gasteiger partial charge in [-0.2, -0.15) is 0 Å². The molecule has 3 nitrogen and oxygen atoms in total. The van der Waals surface area contributed by atoms with E-state index >= 15 is 0 Å². The molecule has 0 spiro atoms. The van der Waals surface area contributed by atoms with Crippen molar-refractivity contribution in [1.82, 2.24) is 0 Å². The number of hydrogen-bond acceptors (Lipinski definition) is 2. The fourth-order valence-corrected chi connectivity index (χ4v) is 0.940. The van der Waals surface area contributed by atoms with Crippen molar-refractivity contribution in [3.8, 4) is 5.75 Å². The predicted octanol–water partition coefficient (Wildman–Crippen LogP) is 2.11. The van der Waals surface area contributed by atoms with Gasteiger partial charge in [-0.15, -0.1) is 0 Å². The van der Waals surface area contributed by atoms with Gasteiger partial charge in [0, 0.05) is 9.13 Å². The summed E-state index contributed by atoms with van der Waals surface area (Å²) in [5.41, 5.74) is -0.0961. The summed E-state index contributed by atoms with van der Waals surface area (Å²) in [7, 11) is 0. The Bertz CT molecular complexity index is 403. The molecular formula is C9H9ClO3. The van der Waals surface area contributed by atoms with Crippen LogP contribution in [-0.4, -0.2) is 17.7 Å². The molecule has 13 heavy (non-hydrogen) atoms. The fraction of sp³-hybridized carbons (Fsp3) is 0.222. The van der Waals surface area contributed by atoms with E-state index in [-0.39, 0.29) is 16.3 Å². The third kappa shape index (κ3) is 2.95. The van der Waals surface area contributed by atoms with Gasteiger partial charge < -0.3 is 9.84 Å². The molecule has 0 saturated carbocycles. The Morgan fingerprint density at radius 1 is 1.77 bits per heavy atom. The quantitative estimate of drug-likeness (QED) is 0.819. The van der Waals surface area contributed by atoms with Gasteiger partial charge in [0.15, 0.2) is 6.61 Å². The van der Waals surface area contributed by atoms with E-state index in [9.17, 15) is 4.79 Å². The van der Waals surface area contributed by atoms with Gasteiger partial charge in [0.25, 0.3) is 0 Å². The Morgan fingerprint density at radius 2 is 2.54 bits per heavy atom. The molecule has 0 aliphatic heterocycles. The Balaban J connectivity index is 3.03. The normalized spacial score (nSPS) is 14.1. The van der Waals surface area contributed by atoms with Crippen LogP contribution in [0, 0.1) is 6.85 Å². The number of ether oxygens (including phenoxy) is 1. The van der Waals surface area contributed by atoms with Crippen LogP contribution in [0.4, 0.5) is 0 Å². The monoisotopic (exact) mass is 203 g/mol. The van der Waals surface area contributed by atoms with Crippen molar-refractivity contribution in [1.29, 1.82) is 0 Å². The molecule has 70 valence electrons. The fourth-order valence-electron chi connectivity index (χ4n) is 0.768. The lowest BCUT2D eigenvalue weighted by Crippen LogP contribution is -2.09. The van der Waals surface area contributed by atoms with Crippen molar-refractivity contribution in [2.24, 2.45) is 0 Å². The molecule has 0 bridgehead atoms. The molecule has 1 rings (SSSR count). The van der Waals surface area contributed by atoms with Crippen LogP contribution in [0.3, 0.4) is 0 Å². The Morgan fingerprint density at radius 3 is 3.15 bits per heavy atom. The van der Waals surface area contributed by atoms with Crippen LogP contribution in [-0.2, 0) is 4.79 Å². The molecule has 0 fully saturated rings. The third-order valence-electron chi connectivity index (χ3n) is 1.29. The van der Waals surface area contributed by atoms with E-state index in [0.29, 0.717) is 0 Å². The Labute approximate surface area is 85.1 Å². The van der Waals surface area contributed by atoms with E-state index in [1.807, 2.05) is 0 Å². The van der Waals surface area contributed by atoms with Crippen molar-refractivity contribution in [3.05, 3.63) is 28.8 Å². The number of halogens is 1. The summed E-state index contributed by atoms with van der Waals surface area (Å²) >= 11 is 5.66. The zero-order valence-electron chi connectivity index (χ0n) is 9.58. The number of carboxylic acid groups (broad SMARTS) is 1. The zero-order valence-corrected chi connectivity index (χ0v) is 7.34. The maximum Gasteiger partial charge on any atom is 0.341 e. The van der Waals surface area contributed by atoms with E-state index in [1.54, 1.807) is 0 Å². The minimum absolute atomic E-state index is 0.00630. The molecule has 0 aliphatic rings. The van der Waals surface area contributed by atoms with Crippen LogP contribution in [0.25, 0.3) is 0 Å². The average molecular weight is 204 g/mol. The van der Waals surface area contributed by atoms with Crippen molar-refractivity contribution < 1.29 is 18.8 Å². The number of hydrogen-bond donors (Lipinski definition) is 1. The average Bonchev–Trinajstić information content (AvgIpc) is 2.14. The summed E-state index contributed by atoms with van der Waals surface area (Å²) in [6.07, 6.45) is 0. The van der Waals surface area contributed by atoms with Gasteiger partial charge in [0.1, 0.15) is 5.75 Å². The zero-order chi connectivity index (χ0) is 12.3. The van der Waals surface area contributed by atoms with Crippen LogP contribution in [0.1, 0.15) is 9.68 Å². The molecule has 0 aliphatic carbocycles. The molecule has 1 aromatic rings. The first-order chi connectivity index (χ1) is 7.30. The summed E-state index contributed by atoms with van der Waals surface area (Å²) < 4.78 is 26.6. The minimum atomic E-state index is -2.39. The molecule has 0 aromatic heterocycles. The van der Waals surface area contributed by atoms with E-state index in [0.717, 1.165) is 0 Å². The molecule has 4 heteroatoms. The van der Waals surface area contributed by atoms with E-state index < -0.39 is 19.4 Å². The van der Waals surface area contributed by atoms with Gasteiger partial charge in [-0.1, -0.05) is 11.6 Å². The molecule has 1 N–H and O–H groups in total. The summed E-state index contributed by atoms with van der Waals surface area (Å²) in [5, 5.41) is 8.69. The number of rotatable bonds is 3. The van der Waals surface area contributed by atoms with Crippen LogP contribution in [0.5, 0.6) is 5.75 Å². The van der Waals surface area contributed by atoms with Gasteiger partial charge in [0.2, 0.25) is 0 Å². The van der Waals surface area contributed by atoms with E-state index in [4.69, 9.17) is 25.6 Å². The van der Waals surface area contributed by atoms with Gasteiger partial charge in [-0.05, 0) is 30.6 Å². The highest BCUT2D eigenvalue weighted by Crippen LogP contribution is 2.21. The second-order valence-electron chi connectivity index (χ2n) is 2.32. The maximum absolute atomic E-state index is 10.3. The Kier molecular flexibility index (Phi) is 2.00. The number of carbonyl (C=O) groups is 1. The van der Waals surface area contributed by atoms with Crippen LogP contribution in [0.15, 0.2) is 18.2 Å². The van der Waals surface area contributed by atoms with Crippen molar-refractivity contribution in [2.75, 3.05) is 6.61 Å². The molecule has 0 heterocycles. The summed E-state index contributed by atoms with van der Waals surface area (Å²) in [6.45, 7) is -2.98. The molecular weight excluding hydrogens is 192 g/mol. The lowest BCUT2D eigenvalue weighted by molar-refractivity contribution is -0.139. The van der Waals surface area contributed by atoms with Crippen molar-refractivity contribution in [2.45, 2.75) is 6.85 Å². The molecule has 0 radical (unpaired) electrons. The molecule has 0 unspecified atom stereocenters. The summed E-state index contributed by atoms with van der Waals surface area (Å²) in [6, 6.07) is 4.02. The van der Waals surface area contributed by atoms with Gasteiger partial charge >= 0.3 is 5.97 Å². The molecule has 0 amide bonds. The number of benzene rings is 1. The highest BCUT2D eigenvalue weighted by molar-refractivity contribution is 6.30. The van der Waals surface area contributed by atoms with Crippen LogP contribution < -0.4 is 4.74 Å². The molecule has 0 atom stereocenters. The van der Waals surface area contributed by atoms with Gasteiger partial charge in [-0.3, -0.25) is 0 Å². The lowest BCUT2D eigenvalue weighted by Gasteiger charge is -2.06. The highest BCUT2D eigenvalue weighted by Gasteiger charge is 2.02. The second-order valence-corrected chi connectivity index (χ2v) is 2.76. The SMILES string of the molecule is [2H]C([2H])([2H])c1cc(Cl)ccc1OCC(=O)O. The third-order valence-corrected chi connectivity index (χ3v) is 1.53. The topological polar surface area (TPSA) is 46.5 Å². The second kappa shape index (κ2) is 4.14. The number of aryl methyl sites for hydroxylation is 1. The molecule has 1 aromatic carbocycles. The van der Waals surface area contributed by atoms with Crippen LogP contribution >= 0.6 is 11.6 Å². The first-order valence-corrected chi connectivity index (χ1v) is 3.83. The first-order valence-electron chi connectivity index (χ1n) is 4.95. The van der Waals surface area contributed by atoms with Crippen molar-refractivity contribution in [3.63, 3.8) is 0 Å². The van der Waals surface area contributed by atoms with E-state index in [1.165, 1.54) is 18.2 Å². The van der Waals surface area contributed by atoms with E-state index in [2.05, 4.69) is 0 Å². The first kappa shape index (κ1) is 6.27. The smallest absolute Gasteiger partial charge is 0.341 e. The largest absolute Gasteiger partial charge is 0.482 e. The predicted molar refractivity (Wildman–Crippen MR) is 49.3 cm³/mol. The highest BCUT2D eigenvalue weighted by atomic mass is 35.5. The minimum Gasteiger partial charge on any atom is -0.482 e. The summed E-state index contributed by atoms with van der Waals surface area (Å²) in [4.78, 5) is 10.3. The lowest BCUT2D eigenvalue weighted by atomic mass is 10.2.